The number of hydrogen-bond donors (Lipinski definition) is 1. The fraction of sp³-hybridized carbons (Fsp3) is 0.571. The Morgan fingerprint density at radius 1 is 1.64 bits per heavy atom. The van der Waals surface area contributed by atoms with E-state index in [9.17, 15) is 0 Å². The molecule has 1 aromatic heterocycles. The Labute approximate surface area is 69.7 Å². The third kappa shape index (κ3) is 1.20. The van der Waals surface area contributed by atoms with Crippen LogP contribution < -0.4 is 4.74 Å². The molecule has 4 heteroatoms. The Morgan fingerprint density at radius 3 is 2.82 bits per heavy atom. The van der Waals surface area contributed by atoms with Gasteiger partial charge in [-0.3, -0.25) is 0 Å². The molecule has 1 N–H and O–H groups in total. The summed E-state index contributed by atoms with van der Waals surface area (Å²) in [5.74, 6) is 2.14. The molecule has 0 saturated heterocycles. The summed E-state index contributed by atoms with van der Waals surface area (Å²) in [5.41, 5.74) is 0. The van der Waals surface area contributed by atoms with Crippen molar-refractivity contribution < 1.29 is 4.74 Å². The van der Waals surface area contributed by atoms with Gasteiger partial charge in [0, 0.05) is 5.92 Å². The van der Waals surface area contributed by atoms with E-state index in [1.807, 2.05) is 0 Å². The molecular formula is C7H9ClN2O. The van der Waals surface area contributed by atoms with Crippen LogP contribution >= 0.6 is 11.6 Å². The molecule has 2 rings (SSSR count). The van der Waals surface area contributed by atoms with Crippen LogP contribution in [0.3, 0.4) is 0 Å². The lowest BCUT2D eigenvalue weighted by Gasteiger charge is -1.91. The van der Waals surface area contributed by atoms with Gasteiger partial charge in [-0.1, -0.05) is 11.6 Å². The second-order valence-electron chi connectivity index (χ2n) is 2.72. The van der Waals surface area contributed by atoms with Gasteiger partial charge < -0.3 is 9.72 Å². The van der Waals surface area contributed by atoms with E-state index < -0.39 is 0 Å². The zero-order valence-electron chi connectivity index (χ0n) is 6.22. The second-order valence-corrected chi connectivity index (χ2v) is 3.08. The molecule has 11 heavy (non-hydrogen) atoms. The van der Waals surface area contributed by atoms with E-state index >= 15 is 0 Å². The molecule has 1 fully saturated rings. The SMILES string of the molecule is COc1[nH]c(C2CC2)nc1Cl. The van der Waals surface area contributed by atoms with Crippen LogP contribution in [0, 0.1) is 0 Å². The normalized spacial score (nSPS) is 16.9. The predicted octanol–water partition coefficient (Wildman–Crippen LogP) is 1.95. The summed E-state index contributed by atoms with van der Waals surface area (Å²) in [6, 6.07) is 0. The highest BCUT2D eigenvalue weighted by molar-refractivity contribution is 6.30. The fourth-order valence-electron chi connectivity index (χ4n) is 1.04. The van der Waals surface area contributed by atoms with Crippen molar-refractivity contribution in [3.05, 3.63) is 11.0 Å². The van der Waals surface area contributed by atoms with E-state index in [0.29, 0.717) is 17.0 Å². The number of rotatable bonds is 2. The van der Waals surface area contributed by atoms with Crippen LogP contribution in [0.5, 0.6) is 5.88 Å². The first-order chi connectivity index (χ1) is 5.31. The maximum atomic E-state index is 5.75. The molecule has 1 aromatic rings. The van der Waals surface area contributed by atoms with Crippen molar-refractivity contribution in [1.29, 1.82) is 0 Å². The van der Waals surface area contributed by atoms with Gasteiger partial charge in [0.25, 0.3) is 0 Å². The number of aromatic nitrogens is 2. The van der Waals surface area contributed by atoms with Crippen LogP contribution in [0.2, 0.25) is 5.15 Å². The molecule has 0 aliphatic heterocycles. The second kappa shape index (κ2) is 2.41. The molecule has 0 atom stereocenters. The van der Waals surface area contributed by atoms with Gasteiger partial charge >= 0.3 is 0 Å². The Morgan fingerprint density at radius 2 is 2.36 bits per heavy atom. The number of nitrogens with one attached hydrogen (secondary N) is 1. The first kappa shape index (κ1) is 6.98. The van der Waals surface area contributed by atoms with Crippen LogP contribution in [0.4, 0.5) is 0 Å². The smallest absolute Gasteiger partial charge is 0.230 e. The monoisotopic (exact) mass is 172 g/mol. The molecule has 0 spiro atoms. The average Bonchev–Trinajstić information content (AvgIpc) is 2.76. The molecular weight excluding hydrogens is 164 g/mol. The Bertz CT molecular complexity index is 267. The number of nitrogens with zero attached hydrogens (tertiary/aromatic N) is 1. The molecule has 1 heterocycles. The Kier molecular flexibility index (Phi) is 1.53. The molecule has 3 nitrogen and oxygen atoms in total. The summed E-state index contributed by atoms with van der Waals surface area (Å²) in [7, 11) is 1.58. The number of methoxy groups -OCH3 is 1. The third-order valence-corrected chi connectivity index (χ3v) is 2.07. The maximum Gasteiger partial charge on any atom is 0.230 e. The minimum Gasteiger partial charge on any atom is -0.480 e. The van der Waals surface area contributed by atoms with Gasteiger partial charge in [-0.05, 0) is 12.8 Å². The molecule has 1 aliphatic carbocycles. The molecule has 0 bridgehead atoms. The van der Waals surface area contributed by atoms with Crippen LogP contribution in [0.1, 0.15) is 24.6 Å². The molecule has 0 radical (unpaired) electrons. The molecule has 60 valence electrons. The van der Waals surface area contributed by atoms with Crippen molar-refractivity contribution in [2.75, 3.05) is 7.11 Å². The highest BCUT2D eigenvalue weighted by Gasteiger charge is 2.27. The first-order valence-corrected chi connectivity index (χ1v) is 3.98. The van der Waals surface area contributed by atoms with Crippen LogP contribution in [0.25, 0.3) is 0 Å². The summed E-state index contributed by atoms with van der Waals surface area (Å²) in [5, 5.41) is 0.439. The zero-order chi connectivity index (χ0) is 7.84. The summed E-state index contributed by atoms with van der Waals surface area (Å²) >= 11 is 5.75. The van der Waals surface area contributed by atoms with E-state index in [1.165, 1.54) is 12.8 Å². The molecule has 1 saturated carbocycles. The molecule has 0 unspecified atom stereocenters. The van der Waals surface area contributed by atoms with Gasteiger partial charge in [-0.2, -0.15) is 0 Å². The number of aromatic amines is 1. The van der Waals surface area contributed by atoms with Crippen LogP contribution in [0.15, 0.2) is 0 Å². The number of ether oxygens (including phenoxy) is 1. The summed E-state index contributed by atoms with van der Waals surface area (Å²) in [6.07, 6.45) is 2.43. The zero-order valence-corrected chi connectivity index (χ0v) is 6.98. The lowest BCUT2D eigenvalue weighted by atomic mass is 10.4. The summed E-state index contributed by atoms with van der Waals surface area (Å²) < 4.78 is 4.95. The van der Waals surface area contributed by atoms with Crippen molar-refractivity contribution in [3.63, 3.8) is 0 Å². The summed E-state index contributed by atoms with van der Waals surface area (Å²) in [4.78, 5) is 7.16. The molecule has 1 aliphatic rings. The largest absolute Gasteiger partial charge is 0.480 e. The van der Waals surface area contributed by atoms with E-state index in [2.05, 4.69) is 9.97 Å². The van der Waals surface area contributed by atoms with Crippen LogP contribution in [-0.4, -0.2) is 17.1 Å². The fourth-order valence-corrected chi connectivity index (χ4v) is 1.25. The molecule has 0 aromatic carbocycles. The van der Waals surface area contributed by atoms with Crippen molar-refractivity contribution in [2.24, 2.45) is 0 Å². The minimum absolute atomic E-state index is 0.439. The van der Waals surface area contributed by atoms with Crippen molar-refractivity contribution in [2.45, 2.75) is 18.8 Å². The Hall–Kier alpha value is -0.700. The van der Waals surface area contributed by atoms with Crippen LogP contribution in [-0.2, 0) is 0 Å². The lowest BCUT2D eigenvalue weighted by Crippen LogP contribution is -1.83. The maximum absolute atomic E-state index is 5.75. The van der Waals surface area contributed by atoms with Crippen molar-refractivity contribution in [3.8, 4) is 5.88 Å². The Balaban J connectivity index is 2.28. The predicted molar refractivity (Wildman–Crippen MR) is 42.1 cm³/mol. The van der Waals surface area contributed by atoms with Gasteiger partial charge in [-0.25, -0.2) is 4.98 Å². The van der Waals surface area contributed by atoms with E-state index in [4.69, 9.17) is 16.3 Å². The third-order valence-electron chi connectivity index (χ3n) is 1.82. The summed E-state index contributed by atoms with van der Waals surface area (Å²) in [6.45, 7) is 0. The highest BCUT2D eigenvalue weighted by atomic mass is 35.5. The first-order valence-electron chi connectivity index (χ1n) is 3.60. The molecule has 0 amide bonds. The standard InChI is InChI=1S/C7H9ClN2O/c1-11-7-5(8)9-6(10-7)4-2-3-4/h4H,2-3H2,1H3,(H,9,10). The number of H-pyrrole nitrogens is 1. The lowest BCUT2D eigenvalue weighted by molar-refractivity contribution is 0.399. The van der Waals surface area contributed by atoms with Gasteiger partial charge in [0.05, 0.1) is 7.11 Å². The van der Waals surface area contributed by atoms with Gasteiger partial charge in [0.2, 0.25) is 5.88 Å². The van der Waals surface area contributed by atoms with Crippen molar-refractivity contribution in [1.82, 2.24) is 9.97 Å². The number of hydrogen-bond acceptors (Lipinski definition) is 2. The quantitative estimate of drug-likeness (QED) is 0.741. The van der Waals surface area contributed by atoms with Gasteiger partial charge in [0.1, 0.15) is 5.82 Å². The minimum atomic E-state index is 0.439. The van der Waals surface area contributed by atoms with E-state index in [0.717, 1.165) is 5.82 Å². The van der Waals surface area contributed by atoms with Gasteiger partial charge in [-0.15, -0.1) is 0 Å². The van der Waals surface area contributed by atoms with Crippen molar-refractivity contribution >= 4 is 11.6 Å². The number of imidazole rings is 1. The topological polar surface area (TPSA) is 37.9 Å². The van der Waals surface area contributed by atoms with Gasteiger partial charge in [0.15, 0.2) is 5.15 Å². The average molecular weight is 173 g/mol. The van der Waals surface area contributed by atoms with E-state index in [-0.39, 0.29) is 0 Å². The number of halogens is 1. The highest BCUT2D eigenvalue weighted by Crippen LogP contribution is 2.40. The van der Waals surface area contributed by atoms with E-state index in [1.54, 1.807) is 7.11 Å².